The molecular formula is C14H15F3N2O2. The average molecular weight is 300 g/mol. The van der Waals surface area contributed by atoms with E-state index in [1.807, 2.05) is 13.8 Å². The molecule has 0 saturated heterocycles. The van der Waals surface area contributed by atoms with Gasteiger partial charge in [0.15, 0.2) is 0 Å². The van der Waals surface area contributed by atoms with Crippen molar-refractivity contribution in [2.45, 2.75) is 33.0 Å². The number of hydrogen-bond donors (Lipinski definition) is 1. The summed E-state index contributed by atoms with van der Waals surface area (Å²) in [7, 11) is 0. The first-order valence-corrected chi connectivity index (χ1v) is 6.55. The minimum absolute atomic E-state index is 0.0228. The van der Waals surface area contributed by atoms with Crippen LogP contribution in [0.2, 0.25) is 0 Å². The number of halogens is 3. The lowest BCUT2D eigenvalue weighted by molar-refractivity contribution is -0.147. The number of aromatic carboxylic acids is 1. The van der Waals surface area contributed by atoms with E-state index in [1.165, 1.54) is 18.2 Å². The van der Waals surface area contributed by atoms with E-state index in [4.69, 9.17) is 0 Å². The quantitative estimate of drug-likeness (QED) is 0.934. The Bertz CT molecular complexity index is 677. The summed E-state index contributed by atoms with van der Waals surface area (Å²) in [6.45, 7) is 3.76. The van der Waals surface area contributed by atoms with E-state index < -0.39 is 18.0 Å². The number of nitrogens with zero attached hydrogens (tertiary/aromatic N) is 2. The third-order valence-electron chi connectivity index (χ3n) is 3.44. The third kappa shape index (κ3) is 2.86. The van der Waals surface area contributed by atoms with Crippen molar-refractivity contribution in [3.63, 3.8) is 0 Å². The first-order chi connectivity index (χ1) is 9.75. The summed E-state index contributed by atoms with van der Waals surface area (Å²) in [5.41, 5.74) is -0.0954. The minimum Gasteiger partial charge on any atom is -0.478 e. The first-order valence-electron chi connectivity index (χ1n) is 6.55. The van der Waals surface area contributed by atoms with Gasteiger partial charge >= 0.3 is 12.1 Å². The molecular weight excluding hydrogens is 285 g/mol. The van der Waals surface area contributed by atoms with Crippen LogP contribution in [0.5, 0.6) is 0 Å². The topological polar surface area (TPSA) is 55.1 Å². The predicted octanol–water partition coefficient (Wildman–Crippen LogP) is 3.80. The van der Waals surface area contributed by atoms with E-state index >= 15 is 0 Å². The van der Waals surface area contributed by atoms with E-state index in [1.54, 1.807) is 0 Å². The smallest absolute Gasteiger partial charge is 0.449 e. The van der Waals surface area contributed by atoms with Crippen molar-refractivity contribution in [2.75, 3.05) is 0 Å². The highest BCUT2D eigenvalue weighted by Crippen LogP contribution is 2.33. The van der Waals surface area contributed by atoms with Crippen LogP contribution in [-0.4, -0.2) is 20.6 Å². The summed E-state index contributed by atoms with van der Waals surface area (Å²) in [6.07, 6.45) is -3.94. The minimum atomic E-state index is -4.62. The van der Waals surface area contributed by atoms with Crippen LogP contribution in [-0.2, 0) is 12.7 Å². The van der Waals surface area contributed by atoms with Crippen molar-refractivity contribution in [3.05, 3.63) is 29.6 Å². The van der Waals surface area contributed by atoms with Crippen LogP contribution in [0.15, 0.2) is 18.2 Å². The zero-order valence-electron chi connectivity index (χ0n) is 11.6. The summed E-state index contributed by atoms with van der Waals surface area (Å²) < 4.78 is 40.4. The van der Waals surface area contributed by atoms with Gasteiger partial charge in [-0.3, -0.25) is 0 Å². The van der Waals surface area contributed by atoms with Gasteiger partial charge in [-0.05, 0) is 18.1 Å². The molecule has 1 aromatic heterocycles. The molecule has 0 bridgehead atoms. The molecule has 0 radical (unpaired) electrons. The number of hydrogen-bond acceptors (Lipinski definition) is 2. The number of rotatable bonds is 4. The molecule has 1 heterocycles. The van der Waals surface area contributed by atoms with Gasteiger partial charge in [-0.25, -0.2) is 9.78 Å². The third-order valence-corrected chi connectivity index (χ3v) is 3.44. The maximum atomic E-state index is 13.1. The highest BCUT2D eigenvalue weighted by molar-refractivity contribution is 6.01. The van der Waals surface area contributed by atoms with Crippen LogP contribution in [0.1, 0.15) is 36.5 Å². The summed E-state index contributed by atoms with van der Waals surface area (Å²) in [4.78, 5) is 14.8. The molecule has 0 aliphatic rings. The zero-order chi connectivity index (χ0) is 15.8. The molecule has 0 aliphatic heterocycles. The summed E-state index contributed by atoms with van der Waals surface area (Å²) in [6, 6.07) is 4.08. The molecule has 0 amide bonds. The van der Waals surface area contributed by atoms with Gasteiger partial charge in [-0.15, -0.1) is 0 Å². The lowest BCUT2D eigenvalue weighted by atomic mass is 10.1. The van der Waals surface area contributed by atoms with Gasteiger partial charge in [0.05, 0.1) is 16.6 Å². The number of aromatic nitrogens is 2. The van der Waals surface area contributed by atoms with Crippen LogP contribution in [0.25, 0.3) is 11.0 Å². The molecule has 2 rings (SSSR count). The van der Waals surface area contributed by atoms with Crippen molar-refractivity contribution in [1.29, 1.82) is 0 Å². The largest absolute Gasteiger partial charge is 0.478 e. The van der Waals surface area contributed by atoms with E-state index in [0.29, 0.717) is 6.42 Å². The Labute approximate surface area is 119 Å². The van der Waals surface area contributed by atoms with Gasteiger partial charge in [-0.2, -0.15) is 13.2 Å². The molecule has 1 atom stereocenters. The van der Waals surface area contributed by atoms with Crippen LogP contribution in [0.4, 0.5) is 13.2 Å². The second-order valence-electron chi connectivity index (χ2n) is 5.04. The monoisotopic (exact) mass is 300 g/mol. The van der Waals surface area contributed by atoms with Crippen molar-refractivity contribution in [3.8, 4) is 0 Å². The Morgan fingerprint density at radius 2 is 2.10 bits per heavy atom. The molecule has 4 nitrogen and oxygen atoms in total. The molecule has 1 unspecified atom stereocenters. The number of carboxylic acid groups (broad SMARTS) is 1. The standard InChI is InChI=1S/C14H15F3N2O2/c1-3-8(2)7-19-11-9(12(20)21)5-4-6-10(11)18-13(19)14(15,16)17/h4-6,8H,3,7H2,1-2H3,(H,20,21). The number of carbonyl (C=O) groups is 1. The van der Waals surface area contributed by atoms with Gasteiger partial charge in [0.1, 0.15) is 0 Å². The maximum Gasteiger partial charge on any atom is 0.449 e. The fourth-order valence-electron chi connectivity index (χ4n) is 2.19. The average Bonchev–Trinajstić information content (AvgIpc) is 2.77. The summed E-state index contributed by atoms with van der Waals surface area (Å²) >= 11 is 0. The number of alkyl halides is 3. The van der Waals surface area contributed by atoms with E-state index in [2.05, 4.69) is 4.98 Å². The van der Waals surface area contributed by atoms with Crippen molar-refractivity contribution >= 4 is 17.0 Å². The van der Waals surface area contributed by atoms with Gasteiger partial charge in [0.2, 0.25) is 5.82 Å². The van der Waals surface area contributed by atoms with Gasteiger partial charge in [0.25, 0.3) is 0 Å². The number of para-hydroxylation sites is 1. The summed E-state index contributed by atoms with van der Waals surface area (Å²) in [5, 5.41) is 9.19. The Morgan fingerprint density at radius 1 is 1.43 bits per heavy atom. The molecule has 21 heavy (non-hydrogen) atoms. The van der Waals surface area contributed by atoms with E-state index in [-0.39, 0.29) is 29.1 Å². The van der Waals surface area contributed by atoms with Crippen molar-refractivity contribution in [2.24, 2.45) is 5.92 Å². The van der Waals surface area contributed by atoms with E-state index in [0.717, 1.165) is 4.57 Å². The zero-order valence-corrected chi connectivity index (χ0v) is 11.6. The number of carboxylic acids is 1. The van der Waals surface area contributed by atoms with Crippen LogP contribution in [0.3, 0.4) is 0 Å². The highest BCUT2D eigenvalue weighted by Gasteiger charge is 2.38. The normalized spacial score (nSPS) is 13.6. The Balaban J connectivity index is 2.77. The molecule has 0 aliphatic carbocycles. The second kappa shape index (κ2) is 5.38. The Kier molecular flexibility index (Phi) is 3.93. The van der Waals surface area contributed by atoms with Crippen molar-refractivity contribution < 1.29 is 23.1 Å². The molecule has 0 saturated carbocycles. The predicted molar refractivity (Wildman–Crippen MR) is 71.1 cm³/mol. The molecule has 114 valence electrons. The maximum absolute atomic E-state index is 13.1. The number of fused-ring (bicyclic) bond motifs is 1. The van der Waals surface area contributed by atoms with Gasteiger partial charge in [-0.1, -0.05) is 26.3 Å². The first kappa shape index (κ1) is 15.3. The second-order valence-corrected chi connectivity index (χ2v) is 5.04. The number of imidazole rings is 1. The Morgan fingerprint density at radius 3 is 2.62 bits per heavy atom. The lowest BCUT2D eigenvalue weighted by Crippen LogP contribution is -2.18. The molecule has 1 N–H and O–H groups in total. The van der Waals surface area contributed by atoms with Gasteiger partial charge < -0.3 is 9.67 Å². The lowest BCUT2D eigenvalue weighted by Gasteiger charge is -2.15. The van der Waals surface area contributed by atoms with Gasteiger partial charge in [0, 0.05) is 6.54 Å². The van der Waals surface area contributed by atoms with Crippen LogP contribution < -0.4 is 0 Å². The molecule has 0 fully saturated rings. The molecule has 2 aromatic rings. The Hall–Kier alpha value is -2.05. The SMILES string of the molecule is CCC(C)Cn1c(C(F)(F)F)nc2cccc(C(=O)O)c21. The van der Waals surface area contributed by atoms with Crippen LogP contribution >= 0.6 is 0 Å². The fourth-order valence-corrected chi connectivity index (χ4v) is 2.19. The fraction of sp³-hybridized carbons (Fsp3) is 0.429. The summed E-state index contributed by atoms with van der Waals surface area (Å²) in [5.74, 6) is -2.34. The molecule has 1 aromatic carbocycles. The highest BCUT2D eigenvalue weighted by atomic mass is 19.4. The van der Waals surface area contributed by atoms with Crippen LogP contribution in [0, 0.1) is 5.92 Å². The van der Waals surface area contributed by atoms with Crippen molar-refractivity contribution in [1.82, 2.24) is 9.55 Å². The van der Waals surface area contributed by atoms with E-state index in [9.17, 15) is 23.1 Å². The number of benzene rings is 1. The molecule has 0 spiro atoms. The molecule has 7 heteroatoms.